The molecule has 2 N–H and O–H groups in total. The highest BCUT2D eigenvalue weighted by atomic mass is 16.4. The molecular formula is C14H18N2O2. The van der Waals surface area contributed by atoms with Crippen molar-refractivity contribution in [3.8, 4) is 0 Å². The van der Waals surface area contributed by atoms with Crippen LogP contribution in [0.2, 0.25) is 0 Å². The van der Waals surface area contributed by atoms with Gasteiger partial charge in [0.05, 0.1) is 18.8 Å². The number of aryl methyl sites for hydroxylation is 1. The van der Waals surface area contributed by atoms with Crippen LogP contribution in [-0.4, -0.2) is 10.1 Å². The van der Waals surface area contributed by atoms with E-state index in [1.165, 1.54) is 5.56 Å². The Labute approximate surface area is 107 Å². The predicted octanol–water partition coefficient (Wildman–Crippen LogP) is 2.33. The van der Waals surface area contributed by atoms with Crippen LogP contribution in [-0.2, 0) is 13.2 Å². The molecule has 2 aromatic rings. The summed E-state index contributed by atoms with van der Waals surface area (Å²) < 4.78 is 5.46. The summed E-state index contributed by atoms with van der Waals surface area (Å²) in [6, 6.07) is 7.95. The Balaban J connectivity index is 1.90. The third-order valence-corrected chi connectivity index (χ3v) is 2.83. The van der Waals surface area contributed by atoms with E-state index in [2.05, 4.69) is 10.3 Å². The molecule has 0 radical (unpaired) electrons. The molecule has 1 atom stereocenters. The van der Waals surface area contributed by atoms with Gasteiger partial charge in [-0.25, -0.2) is 4.98 Å². The van der Waals surface area contributed by atoms with Crippen LogP contribution < -0.4 is 5.32 Å². The molecule has 0 bridgehead atoms. The molecular weight excluding hydrogens is 228 g/mol. The van der Waals surface area contributed by atoms with E-state index in [0.29, 0.717) is 5.89 Å². The molecule has 96 valence electrons. The number of aliphatic hydroxyl groups is 1. The maximum absolute atomic E-state index is 8.96. The van der Waals surface area contributed by atoms with Gasteiger partial charge < -0.3 is 14.8 Å². The molecule has 0 aliphatic heterocycles. The SMILES string of the molecule is Cc1cnc(C(C)NCc2ccc(CO)cc2)o1. The second-order valence-electron chi connectivity index (χ2n) is 4.39. The highest BCUT2D eigenvalue weighted by Crippen LogP contribution is 2.13. The Kier molecular flexibility index (Phi) is 4.12. The first-order chi connectivity index (χ1) is 8.69. The zero-order valence-corrected chi connectivity index (χ0v) is 10.7. The van der Waals surface area contributed by atoms with Crippen molar-refractivity contribution < 1.29 is 9.52 Å². The lowest BCUT2D eigenvalue weighted by molar-refractivity contribution is 0.282. The standard InChI is InChI=1S/C14H18N2O2/c1-10-7-16-14(18-10)11(2)15-8-12-3-5-13(9-17)6-4-12/h3-7,11,15,17H,8-9H2,1-2H3. The van der Waals surface area contributed by atoms with Gasteiger partial charge in [-0.1, -0.05) is 24.3 Å². The minimum Gasteiger partial charge on any atom is -0.444 e. The van der Waals surface area contributed by atoms with Gasteiger partial charge in [0.15, 0.2) is 0 Å². The third-order valence-electron chi connectivity index (χ3n) is 2.83. The van der Waals surface area contributed by atoms with E-state index in [1.807, 2.05) is 38.1 Å². The number of nitrogens with one attached hydrogen (secondary N) is 1. The molecule has 4 nitrogen and oxygen atoms in total. The van der Waals surface area contributed by atoms with Gasteiger partial charge in [0.1, 0.15) is 5.76 Å². The summed E-state index contributed by atoms with van der Waals surface area (Å²) in [7, 11) is 0. The number of aromatic nitrogens is 1. The molecule has 1 heterocycles. The van der Waals surface area contributed by atoms with E-state index in [0.717, 1.165) is 17.9 Å². The number of rotatable bonds is 5. The molecule has 0 saturated carbocycles. The van der Waals surface area contributed by atoms with Crippen molar-refractivity contribution in [1.82, 2.24) is 10.3 Å². The van der Waals surface area contributed by atoms with Gasteiger partial charge in [-0.15, -0.1) is 0 Å². The van der Waals surface area contributed by atoms with Crippen LogP contribution in [0.3, 0.4) is 0 Å². The lowest BCUT2D eigenvalue weighted by Crippen LogP contribution is -2.18. The van der Waals surface area contributed by atoms with Crippen LogP contribution in [0.25, 0.3) is 0 Å². The average molecular weight is 246 g/mol. The van der Waals surface area contributed by atoms with Gasteiger partial charge in [0.25, 0.3) is 0 Å². The second kappa shape index (κ2) is 5.80. The molecule has 0 amide bonds. The van der Waals surface area contributed by atoms with Crippen LogP contribution in [0.4, 0.5) is 0 Å². The largest absolute Gasteiger partial charge is 0.444 e. The fraction of sp³-hybridized carbons (Fsp3) is 0.357. The second-order valence-corrected chi connectivity index (χ2v) is 4.39. The van der Waals surface area contributed by atoms with Gasteiger partial charge in [0, 0.05) is 6.54 Å². The highest BCUT2D eigenvalue weighted by molar-refractivity contribution is 5.21. The summed E-state index contributed by atoms with van der Waals surface area (Å²) in [6.45, 7) is 4.73. The first-order valence-corrected chi connectivity index (χ1v) is 6.03. The monoisotopic (exact) mass is 246 g/mol. The van der Waals surface area contributed by atoms with Crippen LogP contribution >= 0.6 is 0 Å². The minimum absolute atomic E-state index is 0.0798. The molecule has 0 fully saturated rings. The summed E-state index contributed by atoms with van der Waals surface area (Å²) >= 11 is 0. The number of hydrogen-bond donors (Lipinski definition) is 2. The molecule has 1 unspecified atom stereocenters. The fourth-order valence-electron chi connectivity index (χ4n) is 1.69. The molecule has 0 spiro atoms. The van der Waals surface area contributed by atoms with Gasteiger partial charge in [-0.2, -0.15) is 0 Å². The van der Waals surface area contributed by atoms with E-state index < -0.39 is 0 Å². The number of aliphatic hydroxyl groups excluding tert-OH is 1. The predicted molar refractivity (Wildman–Crippen MR) is 68.9 cm³/mol. The topological polar surface area (TPSA) is 58.3 Å². The van der Waals surface area contributed by atoms with Crippen molar-refractivity contribution in [2.24, 2.45) is 0 Å². The summed E-state index contributed by atoms with van der Waals surface area (Å²) in [5.41, 5.74) is 2.09. The Morgan fingerprint density at radius 2 is 1.94 bits per heavy atom. The Morgan fingerprint density at radius 3 is 2.50 bits per heavy atom. The molecule has 0 aliphatic rings. The molecule has 0 saturated heterocycles. The molecule has 4 heteroatoms. The lowest BCUT2D eigenvalue weighted by Gasteiger charge is -2.10. The van der Waals surface area contributed by atoms with Crippen molar-refractivity contribution in [3.05, 3.63) is 53.2 Å². The van der Waals surface area contributed by atoms with E-state index in [1.54, 1.807) is 6.20 Å². The summed E-state index contributed by atoms with van der Waals surface area (Å²) in [5, 5.41) is 12.3. The smallest absolute Gasteiger partial charge is 0.211 e. The zero-order valence-electron chi connectivity index (χ0n) is 10.7. The van der Waals surface area contributed by atoms with Crippen molar-refractivity contribution in [3.63, 3.8) is 0 Å². The molecule has 1 aromatic heterocycles. The van der Waals surface area contributed by atoms with Crippen molar-refractivity contribution in [2.75, 3.05) is 0 Å². The maximum atomic E-state index is 8.96. The third kappa shape index (κ3) is 3.18. The van der Waals surface area contributed by atoms with Crippen molar-refractivity contribution >= 4 is 0 Å². The van der Waals surface area contributed by atoms with Gasteiger partial charge in [0.2, 0.25) is 5.89 Å². The van der Waals surface area contributed by atoms with Crippen LogP contribution in [0.15, 0.2) is 34.9 Å². The van der Waals surface area contributed by atoms with Gasteiger partial charge in [-0.05, 0) is 25.0 Å². The van der Waals surface area contributed by atoms with E-state index in [9.17, 15) is 0 Å². The highest BCUT2D eigenvalue weighted by Gasteiger charge is 2.10. The number of benzene rings is 1. The van der Waals surface area contributed by atoms with Gasteiger partial charge >= 0.3 is 0 Å². The summed E-state index contributed by atoms with van der Waals surface area (Å²) in [6.07, 6.45) is 1.73. The summed E-state index contributed by atoms with van der Waals surface area (Å²) in [4.78, 5) is 4.19. The number of oxazole rings is 1. The summed E-state index contributed by atoms with van der Waals surface area (Å²) in [5.74, 6) is 1.53. The van der Waals surface area contributed by atoms with E-state index in [-0.39, 0.29) is 12.6 Å². The van der Waals surface area contributed by atoms with E-state index >= 15 is 0 Å². The van der Waals surface area contributed by atoms with Crippen LogP contribution in [0.5, 0.6) is 0 Å². The van der Waals surface area contributed by atoms with Gasteiger partial charge in [-0.3, -0.25) is 0 Å². The average Bonchev–Trinajstić information content (AvgIpc) is 2.83. The lowest BCUT2D eigenvalue weighted by atomic mass is 10.1. The normalized spacial score (nSPS) is 12.6. The first kappa shape index (κ1) is 12.8. The Morgan fingerprint density at radius 1 is 1.28 bits per heavy atom. The Bertz CT molecular complexity index is 491. The van der Waals surface area contributed by atoms with Crippen molar-refractivity contribution in [2.45, 2.75) is 33.0 Å². The van der Waals surface area contributed by atoms with Crippen LogP contribution in [0, 0.1) is 6.92 Å². The molecule has 1 aromatic carbocycles. The zero-order chi connectivity index (χ0) is 13.0. The minimum atomic E-state index is 0.0798. The van der Waals surface area contributed by atoms with E-state index in [4.69, 9.17) is 9.52 Å². The Hall–Kier alpha value is -1.65. The molecule has 18 heavy (non-hydrogen) atoms. The quantitative estimate of drug-likeness (QED) is 0.850. The fourth-order valence-corrected chi connectivity index (χ4v) is 1.69. The molecule has 0 aliphatic carbocycles. The van der Waals surface area contributed by atoms with Crippen LogP contribution in [0.1, 0.15) is 35.7 Å². The first-order valence-electron chi connectivity index (χ1n) is 6.03. The number of hydrogen-bond acceptors (Lipinski definition) is 4. The maximum Gasteiger partial charge on any atom is 0.211 e. The number of nitrogens with zero attached hydrogens (tertiary/aromatic N) is 1. The molecule has 2 rings (SSSR count). The van der Waals surface area contributed by atoms with Crippen molar-refractivity contribution in [1.29, 1.82) is 0 Å².